The maximum absolute atomic E-state index is 10.6. The molecule has 1 aliphatic rings. The Labute approximate surface area is 176 Å². The van der Waals surface area contributed by atoms with Crippen molar-refractivity contribution in [1.82, 2.24) is 0 Å². The van der Waals surface area contributed by atoms with Gasteiger partial charge in [0.25, 0.3) is 0 Å². The van der Waals surface area contributed by atoms with E-state index in [9.17, 15) is 25.5 Å². The zero-order valence-electron chi connectivity index (χ0n) is 17.2. The van der Waals surface area contributed by atoms with Gasteiger partial charge in [-0.15, -0.1) is 11.8 Å². The van der Waals surface area contributed by atoms with Gasteiger partial charge >= 0.3 is 0 Å². The Morgan fingerprint density at radius 2 is 1.55 bits per heavy atom. The van der Waals surface area contributed by atoms with E-state index in [1.165, 1.54) is 17.3 Å². The fourth-order valence-corrected chi connectivity index (χ4v) is 5.54. The molecule has 0 radical (unpaired) electrons. The summed E-state index contributed by atoms with van der Waals surface area (Å²) in [4.78, 5) is 0. The number of aryl methyl sites for hydroxylation is 2. The average Bonchev–Trinajstić information content (AvgIpc) is 2.67. The van der Waals surface area contributed by atoms with Crippen molar-refractivity contribution in [3.8, 4) is 5.75 Å². The largest absolute Gasteiger partial charge is 0.508 e. The highest BCUT2D eigenvalue weighted by Crippen LogP contribution is 2.47. The van der Waals surface area contributed by atoms with E-state index in [4.69, 9.17) is 0 Å². The van der Waals surface area contributed by atoms with Crippen LogP contribution in [-0.4, -0.2) is 55.7 Å². The van der Waals surface area contributed by atoms with E-state index in [0.717, 1.165) is 16.7 Å². The monoisotopic (exact) mass is 418 g/mol. The van der Waals surface area contributed by atoms with Gasteiger partial charge in [-0.2, -0.15) is 0 Å². The Morgan fingerprint density at radius 3 is 2.14 bits per heavy atom. The summed E-state index contributed by atoms with van der Waals surface area (Å²) in [6, 6.07) is 11.9. The molecule has 5 nitrogen and oxygen atoms in total. The van der Waals surface area contributed by atoms with Crippen molar-refractivity contribution in [2.45, 2.75) is 61.9 Å². The summed E-state index contributed by atoms with van der Waals surface area (Å²) in [6.07, 6.45) is -3.89. The maximum atomic E-state index is 10.6. The minimum Gasteiger partial charge on any atom is -0.508 e. The summed E-state index contributed by atoms with van der Waals surface area (Å²) in [7, 11) is 0. The SMILES string of the molecule is Cc1ccc(C(C)(C)c2cc(C3S[C@H](CO)[C@@H](O)[C@H](O)[C@H]3O)c(O)cc2C)cc1. The second-order valence-corrected chi connectivity index (χ2v) is 9.85. The third kappa shape index (κ3) is 4.05. The molecule has 29 heavy (non-hydrogen) atoms. The van der Waals surface area contributed by atoms with Gasteiger partial charge in [-0.05, 0) is 42.7 Å². The molecular weight excluding hydrogens is 388 g/mol. The second-order valence-electron chi connectivity index (χ2n) is 8.47. The Kier molecular flexibility index (Phi) is 6.32. The quantitative estimate of drug-likeness (QED) is 0.523. The van der Waals surface area contributed by atoms with Crippen LogP contribution in [0.5, 0.6) is 5.75 Å². The smallest absolute Gasteiger partial charge is 0.120 e. The molecule has 0 amide bonds. The number of aliphatic hydroxyl groups is 4. The number of hydrogen-bond donors (Lipinski definition) is 5. The first-order valence-electron chi connectivity index (χ1n) is 9.79. The van der Waals surface area contributed by atoms with Crippen LogP contribution in [0.3, 0.4) is 0 Å². The molecule has 0 saturated carbocycles. The van der Waals surface area contributed by atoms with Gasteiger partial charge < -0.3 is 25.5 Å². The molecule has 1 heterocycles. The van der Waals surface area contributed by atoms with Crippen molar-refractivity contribution in [2.75, 3.05) is 6.61 Å². The fourth-order valence-electron chi connectivity index (χ4n) is 4.10. The van der Waals surface area contributed by atoms with Gasteiger partial charge in [-0.3, -0.25) is 0 Å². The van der Waals surface area contributed by atoms with Crippen LogP contribution < -0.4 is 0 Å². The molecule has 1 fully saturated rings. The van der Waals surface area contributed by atoms with Crippen LogP contribution in [-0.2, 0) is 5.41 Å². The molecule has 1 aliphatic heterocycles. The fraction of sp³-hybridized carbons (Fsp3) is 0.478. The van der Waals surface area contributed by atoms with Gasteiger partial charge in [0.05, 0.1) is 29.3 Å². The molecule has 6 heteroatoms. The van der Waals surface area contributed by atoms with E-state index in [1.807, 2.05) is 19.9 Å². The van der Waals surface area contributed by atoms with Gasteiger partial charge in [0.2, 0.25) is 0 Å². The number of benzene rings is 2. The Hall–Kier alpha value is -1.57. The molecule has 1 saturated heterocycles. The number of thioether (sulfide) groups is 1. The number of aromatic hydroxyl groups is 1. The molecule has 5 N–H and O–H groups in total. The van der Waals surface area contributed by atoms with Crippen LogP contribution >= 0.6 is 11.8 Å². The van der Waals surface area contributed by atoms with Gasteiger partial charge in [-0.1, -0.05) is 43.7 Å². The number of rotatable bonds is 4. The number of phenolic OH excluding ortho intramolecular Hbond substituents is 1. The lowest BCUT2D eigenvalue weighted by Gasteiger charge is -2.40. The number of phenols is 1. The summed E-state index contributed by atoms with van der Waals surface area (Å²) in [6.45, 7) is 7.87. The van der Waals surface area contributed by atoms with Crippen LogP contribution in [0.2, 0.25) is 0 Å². The van der Waals surface area contributed by atoms with Crippen LogP contribution in [0.1, 0.15) is 46.9 Å². The summed E-state index contributed by atoms with van der Waals surface area (Å²) >= 11 is 1.17. The van der Waals surface area contributed by atoms with Crippen LogP contribution in [0.25, 0.3) is 0 Å². The van der Waals surface area contributed by atoms with E-state index >= 15 is 0 Å². The average molecular weight is 419 g/mol. The lowest BCUT2D eigenvalue weighted by atomic mass is 9.75. The molecule has 0 aliphatic carbocycles. The Balaban J connectivity index is 2.07. The van der Waals surface area contributed by atoms with Crippen LogP contribution in [0, 0.1) is 13.8 Å². The third-order valence-corrected chi connectivity index (χ3v) is 7.62. The van der Waals surface area contributed by atoms with Gasteiger partial charge in [0, 0.05) is 11.0 Å². The van der Waals surface area contributed by atoms with Crippen molar-refractivity contribution in [3.05, 3.63) is 64.2 Å². The Bertz CT molecular complexity index is 862. The minimum absolute atomic E-state index is 0.0304. The first kappa shape index (κ1) is 22.1. The molecular formula is C23H30O5S. The molecule has 5 atom stereocenters. The van der Waals surface area contributed by atoms with Crippen molar-refractivity contribution >= 4 is 11.8 Å². The van der Waals surface area contributed by atoms with Gasteiger partial charge in [0.1, 0.15) is 11.9 Å². The van der Waals surface area contributed by atoms with Gasteiger partial charge in [-0.25, -0.2) is 0 Å². The van der Waals surface area contributed by atoms with E-state index < -0.39 is 28.8 Å². The summed E-state index contributed by atoms with van der Waals surface area (Å²) < 4.78 is 0. The molecule has 0 aromatic heterocycles. The van der Waals surface area contributed by atoms with Crippen LogP contribution in [0.15, 0.2) is 36.4 Å². The highest BCUT2D eigenvalue weighted by molar-refractivity contribution is 8.00. The van der Waals surface area contributed by atoms with Crippen molar-refractivity contribution < 1.29 is 25.5 Å². The summed E-state index contributed by atoms with van der Waals surface area (Å²) in [5, 5.41) is 49.8. The first-order valence-corrected chi connectivity index (χ1v) is 10.7. The predicted octanol–water partition coefficient (Wildman–Crippen LogP) is 2.57. The molecule has 0 spiro atoms. The highest BCUT2D eigenvalue weighted by Gasteiger charge is 2.44. The maximum Gasteiger partial charge on any atom is 0.120 e. The third-order valence-electron chi connectivity index (χ3n) is 6.02. The molecule has 2 aromatic carbocycles. The topological polar surface area (TPSA) is 101 Å². The van der Waals surface area contributed by atoms with Crippen LogP contribution in [0.4, 0.5) is 0 Å². The molecule has 1 unspecified atom stereocenters. The lowest BCUT2D eigenvalue weighted by Crippen LogP contribution is -2.51. The summed E-state index contributed by atoms with van der Waals surface area (Å²) in [5.41, 5.74) is 4.38. The number of hydrogen-bond acceptors (Lipinski definition) is 6. The number of aliphatic hydroxyl groups excluding tert-OH is 4. The standard InChI is InChI=1S/C23H30O5S/c1-12-5-7-14(8-6-12)23(3,4)16-10-15(17(25)9-13(16)2)22-21(28)20(27)19(26)18(11-24)29-22/h5-10,18-22,24-28H,11H2,1-4H3/t18-,19-,20+,21-,22?/m1/s1. The molecule has 3 rings (SSSR count). The van der Waals surface area contributed by atoms with Gasteiger partial charge in [0.15, 0.2) is 0 Å². The predicted molar refractivity (Wildman–Crippen MR) is 115 cm³/mol. The van der Waals surface area contributed by atoms with E-state index in [1.54, 1.807) is 6.07 Å². The molecule has 0 bridgehead atoms. The second kappa shape index (κ2) is 8.28. The summed E-state index contributed by atoms with van der Waals surface area (Å²) in [5.74, 6) is 0.0304. The highest BCUT2D eigenvalue weighted by atomic mass is 32.2. The van der Waals surface area contributed by atoms with E-state index in [-0.39, 0.29) is 17.8 Å². The molecule has 158 valence electrons. The van der Waals surface area contributed by atoms with E-state index in [2.05, 4.69) is 38.1 Å². The zero-order valence-corrected chi connectivity index (χ0v) is 18.0. The molecule has 2 aromatic rings. The van der Waals surface area contributed by atoms with E-state index in [0.29, 0.717) is 5.56 Å². The van der Waals surface area contributed by atoms with Crippen molar-refractivity contribution in [1.29, 1.82) is 0 Å². The van der Waals surface area contributed by atoms with Crippen molar-refractivity contribution in [2.24, 2.45) is 0 Å². The first-order chi connectivity index (χ1) is 13.6. The normalized spacial score (nSPS) is 27.8. The van der Waals surface area contributed by atoms with Crippen molar-refractivity contribution in [3.63, 3.8) is 0 Å². The lowest BCUT2D eigenvalue weighted by molar-refractivity contribution is -0.0702. The zero-order chi connectivity index (χ0) is 21.5. The minimum atomic E-state index is -1.40. The Morgan fingerprint density at radius 1 is 0.931 bits per heavy atom.